The molecule has 8 heteroatoms. The van der Waals surface area contributed by atoms with Crippen molar-refractivity contribution in [1.82, 2.24) is 0 Å². The molecule has 0 heterocycles. The Morgan fingerprint density at radius 3 is 2.04 bits per heavy atom. The van der Waals surface area contributed by atoms with Gasteiger partial charge in [0.05, 0.1) is 11.1 Å². The molecular formula is C20H16O8. The van der Waals surface area contributed by atoms with Crippen LogP contribution in [0.4, 0.5) is 0 Å². The molecule has 0 spiro atoms. The van der Waals surface area contributed by atoms with Crippen LogP contribution < -0.4 is 0 Å². The molecule has 0 saturated carbocycles. The number of Topliss-reactive ketones (excluding diaryl/α,β-unsaturated/α-hetero) is 2. The van der Waals surface area contributed by atoms with Crippen LogP contribution >= 0.6 is 0 Å². The molecule has 0 aliphatic heterocycles. The summed E-state index contributed by atoms with van der Waals surface area (Å²) in [6, 6.07) is 12.4. The maximum atomic E-state index is 12.7. The van der Waals surface area contributed by atoms with Gasteiger partial charge >= 0.3 is 0 Å². The number of ketones is 2. The first-order chi connectivity index (χ1) is 13.1. The van der Waals surface area contributed by atoms with Crippen LogP contribution in [0.25, 0.3) is 5.76 Å². The Kier molecular flexibility index (Phi) is 4.66. The standard InChI is InChI=1S/C20H16O8/c21-13-8-4-7-12(9-13)16(22)14-10-15(17(23)11-5-2-1-3-6-11)19(25,26)20(27,28)18(14)24/h1-10,21-22,25-28H/b16-14+. The lowest BCUT2D eigenvalue weighted by molar-refractivity contribution is -0.316. The molecule has 0 saturated heterocycles. The van der Waals surface area contributed by atoms with Crippen LogP contribution in [0.15, 0.2) is 71.8 Å². The zero-order valence-electron chi connectivity index (χ0n) is 14.3. The van der Waals surface area contributed by atoms with Gasteiger partial charge in [0, 0.05) is 11.1 Å². The molecule has 1 aliphatic rings. The van der Waals surface area contributed by atoms with E-state index in [-0.39, 0.29) is 16.9 Å². The van der Waals surface area contributed by atoms with Gasteiger partial charge in [0.15, 0.2) is 5.78 Å². The predicted molar refractivity (Wildman–Crippen MR) is 95.9 cm³/mol. The highest BCUT2D eigenvalue weighted by Gasteiger charge is 2.61. The van der Waals surface area contributed by atoms with E-state index in [1.165, 1.54) is 42.5 Å². The molecule has 2 aromatic rings. The number of hydrogen-bond donors (Lipinski definition) is 6. The molecule has 2 aromatic carbocycles. The monoisotopic (exact) mass is 384 g/mol. The number of aromatic hydroxyl groups is 1. The Bertz CT molecular complexity index is 1020. The van der Waals surface area contributed by atoms with Crippen molar-refractivity contribution < 1.29 is 40.2 Å². The first-order valence-corrected chi connectivity index (χ1v) is 8.06. The van der Waals surface area contributed by atoms with Crippen molar-refractivity contribution in [3.63, 3.8) is 0 Å². The molecule has 0 fully saturated rings. The Hall–Kier alpha value is -3.30. The summed E-state index contributed by atoms with van der Waals surface area (Å²) in [4.78, 5) is 25.1. The molecule has 28 heavy (non-hydrogen) atoms. The summed E-state index contributed by atoms with van der Waals surface area (Å²) in [5.41, 5.74) is -1.74. The van der Waals surface area contributed by atoms with Gasteiger partial charge in [-0.15, -0.1) is 0 Å². The summed E-state index contributed by atoms with van der Waals surface area (Å²) in [6.07, 6.45) is 0.682. The Labute approximate surface area is 158 Å². The average molecular weight is 384 g/mol. The van der Waals surface area contributed by atoms with Crippen molar-refractivity contribution in [2.24, 2.45) is 0 Å². The van der Waals surface area contributed by atoms with Gasteiger partial charge in [-0.25, -0.2) is 0 Å². The SMILES string of the molecule is O=C(C1=C/C(=C(\O)c2cccc(O)c2)C(=O)C(O)(O)C1(O)O)c1ccccc1. The van der Waals surface area contributed by atoms with Gasteiger partial charge in [0.2, 0.25) is 5.78 Å². The Morgan fingerprint density at radius 2 is 1.43 bits per heavy atom. The summed E-state index contributed by atoms with van der Waals surface area (Å²) < 4.78 is 0. The van der Waals surface area contributed by atoms with Crippen molar-refractivity contribution >= 4 is 17.3 Å². The Morgan fingerprint density at radius 1 is 0.821 bits per heavy atom. The van der Waals surface area contributed by atoms with Crippen molar-refractivity contribution in [2.75, 3.05) is 0 Å². The molecule has 0 atom stereocenters. The quantitative estimate of drug-likeness (QED) is 0.192. The number of rotatable bonds is 3. The minimum absolute atomic E-state index is 0.0115. The van der Waals surface area contributed by atoms with Crippen molar-refractivity contribution in [3.8, 4) is 5.75 Å². The summed E-state index contributed by atoms with van der Waals surface area (Å²) in [5.74, 6) is -11.1. The van der Waals surface area contributed by atoms with Gasteiger partial charge in [0.1, 0.15) is 11.5 Å². The maximum Gasteiger partial charge on any atom is 0.289 e. The third-order valence-electron chi connectivity index (χ3n) is 4.37. The van der Waals surface area contributed by atoms with Crippen LogP contribution in [-0.4, -0.2) is 53.8 Å². The molecule has 6 N–H and O–H groups in total. The molecule has 0 bridgehead atoms. The number of aliphatic hydroxyl groups excluding tert-OH is 1. The van der Waals surface area contributed by atoms with Gasteiger partial charge in [-0.2, -0.15) is 0 Å². The van der Waals surface area contributed by atoms with Crippen LogP contribution in [0.5, 0.6) is 5.75 Å². The lowest BCUT2D eigenvalue weighted by Gasteiger charge is -2.38. The van der Waals surface area contributed by atoms with Gasteiger partial charge in [0.25, 0.3) is 11.6 Å². The maximum absolute atomic E-state index is 12.7. The highest BCUT2D eigenvalue weighted by atomic mass is 16.6. The Balaban J connectivity index is 2.25. The second kappa shape index (κ2) is 6.70. The van der Waals surface area contributed by atoms with E-state index in [0.717, 1.165) is 6.07 Å². The molecule has 0 unspecified atom stereocenters. The van der Waals surface area contributed by atoms with Gasteiger partial charge < -0.3 is 30.6 Å². The van der Waals surface area contributed by atoms with Gasteiger partial charge in [-0.1, -0.05) is 42.5 Å². The smallest absolute Gasteiger partial charge is 0.289 e. The fraction of sp³-hybridized carbons (Fsp3) is 0.100. The zero-order valence-corrected chi connectivity index (χ0v) is 14.3. The van der Waals surface area contributed by atoms with E-state index < -0.39 is 40.0 Å². The largest absolute Gasteiger partial charge is 0.508 e. The van der Waals surface area contributed by atoms with E-state index in [1.54, 1.807) is 6.07 Å². The first kappa shape index (κ1) is 19.5. The number of carbonyl (C=O) groups is 2. The van der Waals surface area contributed by atoms with Crippen LogP contribution in [0, 0.1) is 0 Å². The van der Waals surface area contributed by atoms with E-state index >= 15 is 0 Å². The second-order valence-electron chi connectivity index (χ2n) is 6.24. The van der Waals surface area contributed by atoms with Crippen molar-refractivity contribution in [1.29, 1.82) is 0 Å². The zero-order chi connectivity index (χ0) is 20.7. The summed E-state index contributed by atoms with van der Waals surface area (Å²) in [5, 5.41) is 60.5. The fourth-order valence-electron chi connectivity index (χ4n) is 2.80. The fourth-order valence-corrected chi connectivity index (χ4v) is 2.80. The molecule has 0 amide bonds. The lowest BCUT2D eigenvalue weighted by Crippen LogP contribution is -2.64. The number of carbonyl (C=O) groups excluding carboxylic acids is 2. The molecule has 3 rings (SSSR count). The minimum Gasteiger partial charge on any atom is -0.508 e. The third-order valence-corrected chi connectivity index (χ3v) is 4.37. The third kappa shape index (κ3) is 3.00. The topological polar surface area (TPSA) is 156 Å². The predicted octanol–water partition coefficient (Wildman–Crippen LogP) is 0.415. The molecule has 144 valence electrons. The van der Waals surface area contributed by atoms with Crippen molar-refractivity contribution in [3.05, 3.63) is 82.9 Å². The number of benzene rings is 2. The van der Waals surface area contributed by atoms with Gasteiger partial charge in [-0.05, 0) is 18.2 Å². The van der Waals surface area contributed by atoms with E-state index in [2.05, 4.69) is 0 Å². The molecular weight excluding hydrogens is 368 g/mol. The number of aliphatic hydroxyl groups is 5. The molecule has 1 aliphatic carbocycles. The minimum atomic E-state index is -3.80. The summed E-state index contributed by atoms with van der Waals surface area (Å²) in [7, 11) is 0. The number of phenols is 1. The van der Waals surface area contributed by atoms with Crippen LogP contribution in [0.3, 0.4) is 0 Å². The summed E-state index contributed by atoms with van der Waals surface area (Å²) >= 11 is 0. The molecule has 0 aromatic heterocycles. The normalized spacial score (nSPS) is 19.7. The summed E-state index contributed by atoms with van der Waals surface area (Å²) in [6.45, 7) is 0. The highest BCUT2D eigenvalue weighted by molar-refractivity contribution is 6.17. The highest BCUT2D eigenvalue weighted by Crippen LogP contribution is 2.38. The number of hydrogen-bond acceptors (Lipinski definition) is 8. The second-order valence-corrected chi connectivity index (χ2v) is 6.24. The van der Waals surface area contributed by atoms with Crippen molar-refractivity contribution in [2.45, 2.75) is 11.6 Å². The van der Waals surface area contributed by atoms with Crippen LogP contribution in [0.1, 0.15) is 15.9 Å². The lowest BCUT2D eigenvalue weighted by atomic mass is 9.79. The first-order valence-electron chi connectivity index (χ1n) is 8.06. The van der Waals surface area contributed by atoms with Crippen LogP contribution in [-0.2, 0) is 4.79 Å². The van der Waals surface area contributed by atoms with E-state index in [4.69, 9.17) is 0 Å². The van der Waals surface area contributed by atoms with Gasteiger partial charge in [-0.3, -0.25) is 9.59 Å². The van der Waals surface area contributed by atoms with E-state index in [0.29, 0.717) is 6.08 Å². The average Bonchev–Trinajstić information content (AvgIpc) is 2.67. The number of allylic oxidation sites excluding steroid dienone is 1. The van der Waals surface area contributed by atoms with Crippen LogP contribution in [0.2, 0.25) is 0 Å². The van der Waals surface area contributed by atoms with E-state index in [1.807, 2.05) is 0 Å². The molecule has 8 nitrogen and oxygen atoms in total. The molecule has 0 radical (unpaired) electrons. The number of phenolic OH excluding ortho intramolecular Hbond substituents is 1. The van der Waals surface area contributed by atoms with E-state index in [9.17, 15) is 40.2 Å².